The lowest BCUT2D eigenvalue weighted by molar-refractivity contribution is -0.345. The number of fused-ring (bicyclic) bond motifs is 1. The number of amides is 1. The topological polar surface area (TPSA) is 127 Å². The summed E-state index contributed by atoms with van der Waals surface area (Å²) in [5.74, 6) is -0.371. The fourth-order valence-corrected chi connectivity index (χ4v) is 3.16. The van der Waals surface area contributed by atoms with E-state index in [1.165, 1.54) is 6.92 Å². The zero-order valence-electron chi connectivity index (χ0n) is 14.9. The predicted molar refractivity (Wildman–Crippen MR) is 91.3 cm³/mol. The number of hydrogen-bond donors (Lipinski definition) is 4. The fourth-order valence-electron chi connectivity index (χ4n) is 3.16. The van der Waals surface area contributed by atoms with Crippen LogP contribution in [0.2, 0.25) is 0 Å². The number of carbonyl (C=O) groups excluding carboxylic acids is 1. The van der Waals surface area contributed by atoms with Crippen molar-refractivity contribution in [3.8, 4) is 0 Å². The van der Waals surface area contributed by atoms with Crippen molar-refractivity contribution < 1.29 is 39.1 Å². The highest BCUT2D eigenvalue weighted by atomic mass is 16.7. The first-order valence-electron chi connectivity index (χ1n) is 8.82. The molecule has 1 amide bonds. The number of ether oxygens (including phenoxy) is 4. The van der Waals surface area contributed by atoms with Crippen molar-refractivity contribution >= 4 is 5.91 Å². The lowest BCUT2D eigenvalue weighted by atomic mass is 9.95. The third-order valence-corrected chi connectivity index (χ3v) is 4.47. The maximum Gasteiger partial charge on any atom is 0.217 e. The van der Waals surface area contributed by atoms with E-state index in [1.807, 2.05) is 30.3 Å². The normalized spacial score (nSPS) is 34.5. The third-order valence-electron chi connectivity index (χ3n) is 4.47. The van der Waals surface area contributed by atoms with Crippen LogP contribution >= 0.6 is 0 Å². The van der Waals surface area contributed by atoms with Gasteiger partial charge in [-0.2, -0.15) is 0 Å². The largest absolute Gasteiger partial charge is 0.394 e. The summed E-state index contributed by atoms with van der Waals surface area (Å²) < 4.78 is 22.9. The van der Waals surface area contributed by atoms with E-state index >= 15 is 0 Å². The molecule has 0 spiro atoms. The number of carbonyl (C=O) groups is 1. The van der Waals surface area contributed by atoms with E-state index in [1.54, 1.807) is 0 Å². The summed E-state index contributed by atoms with van der Waals surface area (Å²) >= 11 is 0. The summed E-state index contributed by atoms with van der Waals surface area (Å²) in [6.07, 6.45) is -5.23. The monoisotopic (exact) mass is 383 g/mol. The van der Waals surface area contributed by atoms with Gasteiger partial charge in [-0.3, -0.25) is 4.79 Å². The van der Waals surface area contributed by atoms with Crippen molar-refractivity contribution in [3.63, 3.8) is 0 Å². The number of aliphatic hydroxyl groups is 3. The molecule has 2 heterocycles. The minimum Gasteiger partial charge on any atom is -0.394 e. The van der Waals surface area contributed by atoms with Crippen LogP contribution in [0.4, 0.5) is 0 Å². The number of hydrogen-bond acceptors (Lipinski definition) is 8. The van der Waals surface area contributed by atoms with Crippen LogP contribution in [0, 0.1) is 0 Å². The fraction of sp³-hybridized carbons (Fsp3) is 0.611. The molecule has 1 unspecified atom stereocenters. The molecule has 7 atom stereocenters. The van der Waals surface area contributed by atoms with Crippen LogP contribution in [-0.4, -0.2) is 77.8 Å². The van der Waals surface area contributed by atoms with E-state index < -0.39 is 49.6 Å². The molecule has 2 aliphatic rings. The van der Waals surface area contributed by atoms with E-state index in [4.69, 9.17) is 24.1 Å². The Labute approximate surface area is 156 Å². The second-order valence-electron chi connectivity index (χ2n) is 6.61. The molecular weight excluding hydrogens is 358 g/mol. The standard InChI is InChI=1S/C18H25NO8/c1-10(21)19-14-15(23)16-13(26-18(14)24-8-12(22)7-20)9-25-17(27-16)11-5-3-2-4-6-11/h2-6,12-18,20,22-23H,7-9H2,1H3,(H,19,21)/t12-,13+,14+,15+,16+,17?,18+/m0/s1. The van der Waals surface area contributed by atoms with Gasteiger partial charge in [-0.05, 0) is 0 Å². The van der Waals surface area contributed by atoms with Gasteiger partial charge >= 0.3 is 0 Å². The van der Waals surface area contributed by atoms with Crippen LogP contribution in [0.25, 0.3) is 0 Å². The summed E-state index contributed by atoms with van der Waals surface area (Å²) in [7, 11) is 0. The first-order chi connectivity index (χ1) is 13.0. The Bertz CT molecular complexity index is 615. The average Bonchev–Trinajstić information content (AvgIpc) is 2.68. The molecule has 150 valence electrons. The van der Waals surface area contributed by atoms with Crippen LogP contribution in [0.1, 0.15) is 18.8 Å². The lowest BCUT2D eigenvalue weighted by Gasteiger charge is -2.47. The van der Waals surface area contributed by atoms with Crippen LogP contribution in [-0.2, 0) is 23.7 Å². The molecule has 1 aromatic rings. The Morgan fingerprint density at radius 3 is 2.74 bits per heavy atom. The van der Waals surface area contributed by atoms with Gasteiger partial charge in [0.15, 0.2) is 12.6 Å². The summed E-state index contributed by atoms with van der Waals surface area (Å²) in [4.78, 5) is 11.6. The van der Waals surface area contributed by atoms with Crippen LogP contribution in [0.5, 0.6) is 0 Å². The number of benzene rings is 1. The second kappa shape index (κ2) is 9.07. The molecule has 0 saturated carbocycles. The van der Waals surface area contributed by atoms with Gasteiger partial charge in [-0.25, -0.2) is 0 Å². The van der Waals surface area contributed by atoms with Crippen molar-refractivity contribution in [1.82, 2.24) is 5.32 Å². The maximum absolute atomic E-state index is 11.6. The Morgan fingerprint density at radius 2 is 2.07 bits per heavy atom. The van der Waals surface area contributed by atoms with Crippen molar-refractivity contribution in [3.05, 3.63) is 35.9 Å². The van der Waals surface area contributed by atoms with E-state index in [-0.39, 0.29) is 19.1 Å². The van der Waals surface area contributed by atoms with Gasteiger partial charge in [0.25, 0.3) is 0 Å². The molecule has 2 fully saturated rings. The molecule has 0 aliphatic carbocycles. The van der Waals surface area contributed by atoms with Gasteiger partial charge in [-0.15, -0.1) is 0 Å². The minimum absolute atomic E-state index is 0.163. The summed E-state index contributed by atoms with van der Waals surface area (Å²) in [5.41, 5.74) is 0.809. The predicted octanol–water partition coefficient (Wildman–Crippen LogP) is -0.939. The molecule has 1 aromatic carbocycles. The van der Waals surface area contributed by atoms with Crippen LogP contribution in [0.15, 0.2) is 30.3 Å². The maximum atomic E-state index is 11.6. The number of aliphatic hydroxyl groups excluding tert-OH is 3. The summed E-state index contributed by atoms with van der Waals surface area (Å²) in [5, 5.41) is 31.8. The highest BCUT2D eigenvalue weighted by Crippen LogP contribution is 2.34. The quantitative estimate of drug-likeness (QED) is 0.496. The molecular formula is C18H25NO8. The zero-order chi connectivity index (χ0) is 19.4. The minimum atomic E-state index is -1.11. The van der Waals surface area contributed by atoms with Crippen molar-refractivity contribution in [2.45, 2.75) is 50.0 Å². The molecule has 4 N–H and O–H groups in total. The van der Waals surface area contributed by atoms with Crippen molar-refractivity contribution in [1.29, 1.82) is 0 Å². The molecule has 9 heteroatoms. The molecule has 3 rings (SSSR count). The summed E-state index contributed by atoms with van der Waals surface area (Å²) in [6.45, 7) is 0.791. The van der Waals surface area contributed by atoms with Gasteiger partial charge in [0.2, 0.25) is 5.91 Å². The highest BCUT2D eigenvalue weighted by molar-refractivity contribution is 5.73. The van der Waals surface area contributed by atoms with Crippen LogP contribution < -0.4 is 5.32 Å². The van der Waals surface area contributed by atoms with Gasteiger partial charge in [0.05, 0.1) is 19.8 Å². The highest BCUT2D eigenvalue weighted by Gasteiger charge is 2.50. The van der Waals surface area contributed by atoms with Crippen LogP contribution in [0.3, 0.4) is 0 Å². The van der Waals surface area contributed by atoms with Gasteiger partial charge in [0, 0.05) is 12.5 Å². The smallest absolute Gasteiger partial charge is 0.217 e. The molecule has 0 aromatic heterocycles. The first-order valence-corrected chi connectivity index (χ1v) is 8.82. The Balaban J connectivity index is 1.72. The average molecular weight is 383 g/mol. The number of rotatable bonds is 6. The molecule has 2 saturated heterocycles. The molecule has 0 bridgehead atoms. The SMILES string of the molecule is CC(=O)N[C@H]1[C@H](OC[C@@H](O)CO)O[C@@H]2COC(c3ccccc3)O[C@H]2[C@@H]1O. The Kier molecular flexibility index (Phi) is 6.77. The molecule has 2 aliphatic heterocycles. The van der Waals surface area contributed by atoms with Crippen molar-refractivity contribution in [2.75, 3.05) is 19.8 Å². The zero-order valence-corrected chi connectivity index (χ0v) is 14.9. The number of nitrogens with one attached hydrogen (secondary N) is 1. The van der Waals surface area contributed by atoms with E-state index in [0.717, 1.165) is 5.56 Å². The van der Waals surface area contributed by atoms with Gasteiger partial charge < -0.3 is 39.6 Å². The van der Waals surface area contributed by atoms with E-state index in [2.05, 4.69) is 5.32 Å². The first kappa shape index (κ1) is 20.2. The third kappa shape index (κ3) is 4.82. The molecule has 9 nitrogen and oxygen atoms in total. The van der Waals surface area contributed by atoms with Gasteiger partial charge in [0.1, 0.15) is 30.5 Å². The second-order valence-corrected chi connectivity index (χ2v) is 6.61. The molecule has 0 radical (unpaired) electrons. The van der Waals surface area contributed by atoms with Crippen molar-refractivity contribution in [2.24, 2.45) is 0 Å². The lowest BCUT2D eigenvalue weighted by Crippen LogP contribution is -2.66. The Hall–Kier alpha value is -1.59. The van der Waals surface area contributed by atoms with Gasteiger partial charge in [-0.1, -0.05) is 30.3 Å². The summed E-state index contributed by atoms with van der Waals surface area (Å²) in [6, 6.07) is 8.41. The molecule has 27 heavy (non-hydrogen) atoms. The Morgan fingerprint density at radius 1 is 1.33 bits per heavy atom. The van der Waals surface area contributed by atoms with E-state index in [9.17, 15) is 15.0 Å². The van der Waals surface area contributed by atoms with E-state index in [0.29, 0.717) is 0 Å².